The van der Waals surface area contributed by atoms with Gasteiger partial charge < -0.3 is 15.7 Å². The Bertz CT molecular complexity index is 708. The lowest BCUT2D eigenvalue weighted by molar-refractivity contribution is 0.0897. The molecule has 1 atom stereocenters. The average Bonchev–Trinajstić information content (AvgIpc) is 2.55. The monoisotopic (exact) mass is 342 g/mol. The number of aliphatic hydroxyl groups is 1. The van der Waals surface area contributed by atoms with Crippen molar-refractivity contribution in [1.82, 2.24) is 15.5 Å². The van der Waals surface area contributed by atoms with Crippen molar-refractivity contribution in [3.05, 3.63) is 47.7 Å². The van der Waals surface area contributed by atoms with Crippen LogP contribution in [0, 0.1) is 12.3 Å². The van der Waals surface area contributed by atoms with Gasteiger partial charge in [0.25, 0.3) is 5.91 Å². The van der Waals surface area contributed by atoms with Crippen LogP contribution in [0.5, 0.6) is 0 Å². The third-order valence-corrected chi connectivity index (χ3v) is 3.61. The summed E-state index contributed by atoms with van der Waals surface area (Å²) in [6.07, 6.45) is 0.701. The molecule has 3 N–H and O–H groups in total. The zero-order valence-corrected chi connectivity index (χ0v) is 15.2. The molecule has 0 aliphatic rings. The maximum Gasteiger partial charge on any atom is 0.251 e. The summed E-state index contributed by atoms with van der Waals surface area (Å²) >= 11 is 0. The molecule has 0 bridgehead atoms. The van der Waals surface area contributed by atoms with Gasteiger partial charge in [-0.3, -0.25) is 4.79 Å². The van der Waals surface area contributed by atoms with Crippen LogP contribution in [-0.2, 0) is 0 Å². The van der Waals surface area contributed by atoms with Crippen LogP contribution in [-0.4, -0.2) is 33.9 Å². The van der Waals surface area contributed by atoms with Crippen molar-refractivity contribution in [2.75, 3.05) is 11.9 Å². The number of hydrogen-bond acceptors (Lipinski definition) is 5. The second-order valence-electron chi connectivity index (χ2n) is 7.38. The Morgan fingerprint density at radius 1 is 1.20 bits per heavy atom. The van der Waals surface area contributed by atoms with E-state index in [1.165, 1.54) is 0 Å². The summed E-state index contributed by atoms with van der Waals surface area (Å²) < 4.78 is 0. The highest BCUT2D eigenvalue weighted by Crippen LogP contribution is 2.21. The number of nitrogens with zero attached hydrogens (tertiary/aromatic N) is 2. The fraction of sp³-hybridized carbons (Fsp3) is 0.421. The first kappa shape index (κ1) is 18.9. The minimum absolute atomic E-state index is 0.0220. The van der Waals surface area contributed by atoms with Gasteiger partial charge in [-0.2, -0.15) is 5.10 Å². The molecule has 0 spiro atoms. The summed E-state index contributed by atoms with van der Waals surface area (Å²) in [4.78, 5) is 12.5. The predicted octanol–water partition coefficient (Wildman–Crippen LogP) is 3.06. The van der Waals surface area contributed by atoms with Crippen LogP contribution in [0.1, 0.15) is 43.2 Å². The van der Waals surface area contributed by atoms with Gasteiger partial charge in [-0.1, -0.05) is 26.8 Å². The number of amides is 1. The largest absolute Gasteiger partial charge is 0.394 e. The molecule has 2 aromatic rings. The molecule has 1 amide bonds. The first-order valence-electron chi connectivity index (χ1n) is 8.36. The molecule has 134 valence electrons. The fourth-order valence-corrected chi connectivity index (χ4v) is 2.52. The molecule has 0 radical (unpaired) electrons. The second kappa shape index (κ2) is 8.07. The highest BCUT2D eigenvalue weighted by atomic mass is 16.3. The van der Waals surface area contributed by atoms with Crippen molar-refractivity contribution in [2.45, 2.75) is 40.2 Å². The lowest BCUT2D eigenvalue weighted by Gasteiger charge is -2.25. The Labute approximate surface area is 148 Å². The standard InChI is InChI=1S/C19H26N4O2/c1-13-8-9-17(23-22-13)20-15-7-5-6-14(10-15)18(25)21-16(12-24)11-19(2,3)4/h5-10,16,24H,11-12H2,1-4H3,(H,20,23)(H,21,25). The number of carbonyl (C=O) groups is 1. The number of nitrogens with one attached hydrogen (secondary N) is 2. The topological polar surface area (TPSA) is 87.1 Å². The second-order valence-corrected chi connectivity index (χ2v) is 7.38. The van der Waals surface area contributed by atoms with Crippen LogP contribution in [0.4, 0.5) is 11.5 Å². The van der Waals surface area contributed by atoms with E-state index in [9.17, 15) is 9.90 Å². The normalized spacial score (nSPS) is 12.5. The number of benzene rings is 1. The molecule has 6 nitrogen and oxygen atoms in total. The van der Waals surface area contributed by atoms with E-state index in [-0.39, 0.29) is 24.0 Å². The molecule has 1 heterocycles. The Hall–Kier alpha value is -2.47. The third-order valence-electron chi connectivity index (χ3n) is 3.61. The summed E-state index contributed by atoms with van der Waals surface area (Å²) in [5.41, 5.74) is 2.14. The summed E-state index contributed by atoms with van der Waals surface area (Å²) in [7, 11) is 0. The fourth-order valence-electron chi connectivity index (χ4n) is 2.52. The lowest BCUT2D eigenvalue weighted by Crippen LogP contribution is -2.40. The minimum Gasteiger partial charge on any atom is -0.394 e. The van der Waals surface area contributed by atoms with Crippen molar-refractivity contribution in [3.63, 3.8) is 0 Å². The van der Waals surface area contributed by atoms with Crippen molar-refractivity contribution in [3.8, 4) is 0 Å². The first-order chi connectivity index (χ1) is 11.8. The van der Waals surface area contributed by atoms with E-state index in [0.717, 1.165) is 11.4 Å². The predicted molar refractivity (Wildman–Crippen MR) is 98.9 cm³/mol. The van der Waals surface area contributed by atoms with Crippen LogP contribution in [0.3, 0.4) is 0 Å². The molecule has 0 saturated carbocycles. The van der Waals surface area contributed by atoms with E-state index in [0.29, 0.717) is 17.8 Å². The quantitative estimate of drug-likeness (QED) is 0.751. The van der Waals surface area contributed by atoms with Gasteiger partial charge in [-0.15, -0.1) is 5.10 Å². The Balaban J connectivity index is 2.06. The SMILES string of the molecule is Cc1ccc(Nc2cccc(C(=O)NC(CO)CC(C)(C)C)c2)nn1. The summed E-state index contributed by atoms with van der Waals surface area (Å²) in [5, 5.41) is 23.6. The van der Waals surface area contributed by atoms with E-state index in [1.54, 1.807) is 18.2 Å². The number of aliphatic hydroxyl groups excluding tert-OH is 1. The van der Waals surface area contributed by atoms with Crippen molar-refractivity contribution >= 4 is 17.4 Å². The molecule has 1 aromatic carbocycles. The van der Waals surface area contributed by atoms with Gasteiger partial charge in [0, 0.05) is 11.3 Å². The number of rotatable bonds is 6. The molecule has 0 aliphatic carbocycles. The molecule has 0 fully saturated rings. The zero-order valence-electron chi connectivity index (χ0n) is 15.2. The first-order valence-corrected chi connectivity index (χ1v) is 8.36. The van der Waals surface area contributed by atoms with Crippen LogP contribution in [0.2, 0.25) is 0 Å². The number of anilines is 2. The van der Waals surface area contributed by atoms with Crippen molar-refractivity contribution in [2.24, 2.45) is 5.41 Å². The van der Waals surface area contributed by atoms with Gasteiger partial charge in [-0.05, 0) is 49.1 Å². The number of carbonyl (C=O) groups excluding carboxylic acids is 1. The number of aryl methyl sites for hydroxylation is 1. The van der Waals surface area contributed by atoms with Crippen molar-refractivity contribution in [1.29, 1.82) is 0 Å². The highest BCUT2D eigenvalue weighted by Gasteiger charge is 2.20. The van der Waals surface area contributed by atoms with Gasteiger partial charge in [0.05, 0.1) is 18.3 Å². The highest BCUT2D eigenvalue weighted by molar-refractivity contribution is 5.95. The molecule has 6 heteroatoms. The third kappa shape index (κ3) is 6.15. The van der Waals surface area contributed by atoms with E-state index < -0.39 is 0 Å². The minimum atomic E-state index is -0.271. The Morgan fingerprint density at radius 3 is 2.56 bits per heavy atom. The van der Waals surface area contributed by atoms with Gasteiger partial charge in [0.1, 0.15) is 0 Å². The average molecular weight is 342 g/mol. The molecule has 2 rings (SSSR count). The Morgan fingerprint density at radius 2 is 1.96 bits per heavy atom. The van der Waals surface area contributed by atoms with E-state index in [2.05, 4.69) is 41.6 Å². The van der Waals surface area contributed by atoms with Crippen molar-refractivity contribution < 1.29 is 9.90 Å². The van der Waals surface area contributed by atoms with E-state index >= 15 is 0 Å². The molecular weight excluding hydrogens is 316 g/mol. The van der Waals surface area contributed by atoms with E-state index in [4.69, 9.17) is 0 Å². The van der Waals surface area contributed by atoms with Gasteiger partial charge in [0.2, 0.25) is 0 Å². The molecule has 1 aromatic heterocycles. The van der Waals surface area contributed by atoms with Crippen LogP contribution in [0.25, 0.3) is 0 Å². The summed E-state index contributed by atoms with van der Waals surface area (Å²) in [6.45, 7) is 8.02. The zero-order chi connectivity index (χ0) is 18.4. The number of hydrogen-bond donors (Lipinski definition) is 3. The molecule has 1 unspecified atom stereocenters. The van der Waals surface area contributed by atoms with Gasteiger partial charge >= 0.3 is 0 Å². The smallest absolute Gasteiger partial charge is 0.251 e. The number of aromatic nitrogens is 2. The van der Waals surface area contributed by atoms with E-state index in [1.807, 2.05) is 25.1 Å². The summed E-state index contributed by atoms with van der Waals surface area (Å²) in [5.74, 6) is 0.408. The van der Waals surface area contributed by atoms with Gasteiger partial charge in [-0.25, -0.2) is 0 Å². The molecule has 25 heavy (non-hydrogen) atoms. The maximum atomic E-state index is 12.5. The molecule has 0 saturated heterocycles. The van der Waals surface area contributed by atoms with Crippen LogP contribution < -0.4 is 10.6 Å². The van der Waals surface area contributed by atoms with Crippen LogP contribution >= 0.6 is 0 Å². The lowest BCUT2D eigenvalue weighted by atomic mass is 9.88. The van der Waals surface area contributed by atoms with Crippen LogP contribution in [0.15, 0.2) is 36.4 Å². The maximum absolute atomic E-state index is 12.5. The van der Waals surface area contributed by atoms with Gasteiger partial charge in [0.15, 0.2) is 5.82 Å². The Kier molecular flexibility index (Phi) is 6.09. The molecular formula is C19H26N4O2. The molecule has 0 aliphatic heterocycles. The summed E-state index contributed by atoms with van der Waals surface area (Å²) in [6, 6.07) is 10.6.